The van der Waals surface area contributed by atoms with E-state index in [9.17, 15) is 5.26 Å². The molecule has 3 rings (SSSR count). The van der Waals surface area contributed by atoms with Crippen LogP contribution >= 0.6 is 0 Å². The molecule has 0 amide bonds. The fourth-order valence-corrected chi connectivity index (χ4v) is 3.03. The fourth-order valence-electron chi connectivity index (χ4n) is 3.03. The van der Waals surface area contributed by atoms with Crippen LogP contribution in [0.2, 0.25) is 0 Å². The lowest BCUT2D eigenvalue weighted by atomic mass is 9.78. The number of rotatable bonds is 3. The zero-order valence-corrected chi connectivity index (χ0v) is 15.1. The van der Waals surface area contributed by atoms with Gasteiger partial charge >= 0.3 is 7.12 Å². The first-order valence-corrected chi connectivity index (χ1v) is 8.47. The van der Waals surface area contributed by atoms with E-state index in [1.807, 2.05) is 45.9 Å². The van der Waals surface area contributed by atoms with Crippen molar-refractivity contribution in [1.29, 1.82) is 5.26 Å². The van der Waals surface area contributed by atoms with Gasteiger partial charge in [-0.05, 0) is 58.8 Å². The standard InChI is InChI=1S/C18H25BN2O3/c1-17(2)18(3,4)24-19(23-17)14-6-7-16(13(10-14)11-20)22-15-8-9-21(5)12-15/h6-7,10,15H,8-9,12H2,1-5H3. The number of likely N-dealkylation sites (tertiary alicyclic amines) is 1. The molecule has 0 aliphatic carbocycles. The molecule has 0 spiro atoms. The zero-order valence-electron chi connectivity index (χ0n) is 15.1. The van der Waals surface area contributed by atoms with Crippen molar-refractivity contribution in [2.24, 2.45) is 0 Å². The van der Waals surface area contributed by atoms with Crippen molar-refractivity contribution in [3.05, 3.63) is 23.8 Å². The van der Waals surface area contributed by atoms with Gasteiger partial charge in [-0.15, -0.1) is 0 Å². The Labute approximate surface area is 144 Å². The van der Waals surface area contributed by atoms with Gasteiger partial charge in [-0.25, -0.2) is 0 Å². The van der Waals surface area contributed by atoms with Gasteiger partial charge in [0.25, 0.3) is 0 Å². The van der Waals surface area contributed by atoms with Crippen molar-refractivity contribution >= 4 is 12.6 Å². The third-order valence-corrected chi connectivity index (χ3v) is 5.29. The van der Waals surface area contributed by atoms with E-state index < -0.39 is 18.3 Å². The summed E-state index contributed by atoms with van der Waals surface area (Å²) in [6.45, 7) is 10.00. The summed E-state index contributed by atoms with van der Waals surface area (Å²) in [6, 6.07) is 7.84. The zero-order chi connectivity index (χ0) is 17.5. The number of likely N-dealkylation sites (N-methyl/N-ethyl adjacent to an activating group) is 1. The summed E-state index contributed by atoms with van der Waals surface area (Å²) in [5, 5.41) is 9.49. The maximum atomic E-state index is 9.49. The molecule has 2 aliphatic rings. The van der Waals surface area contributed by atoms with Crippen LogP contribution in [0.15, 0.2) is 18.2 Å². The first-order valence-electron chi connectivity index (χ1n) is 8.47. The van der Waals surface area contributed by atoms with Gasteiger partial charge in [0.1, 0.15) is 17.9 Å². The number of ether oxygens (including phenoxy) is 1. The highest BCUT2D eigenvalue weighted by Crippen LogP contribution is 2.36. The van der Waals surface area contributed by atoms with Crippen LogP contribution < -0.4 is 10.2 Å². The molecule has 128 valence electrons. The van der Waals surface area contributed by atoms with Crippen molar-refractivity contribution in [3.63, 3.8) is 0 Å². The average molecular weight is 328 g/mol. The van der Waals surface area contributed by atoms with Crippen LogP contribution in [-0.2, 0) is 9.31 Å². The summed E-state index contributed by atoms with van der Waals surface area (Å²) in [4.78, 5) is 2.23. The predicted molar refractivity (Wildman–Crippen MR) is 93.4 cm³/mol. The third-order valence-electron chi connectivity index (χ3n) is 5.29. The Hall–Kier alpha value is -1.55. The molecular weight excluding hydrogens is 303 g/mol. The summed E-state index contributed by atoms with van der Waals surface area (Å²) < 4.78 is 18.1. The highest BCUT2D eigenvalue weighted by Gasteiger charge is 2.51. The van der Waals surface area contributed by atoms with Gasteiger partial charge in [0.15, 0.2) is 0 Å². The second-order valence-electron chi connectivity index (χ2n) is 7.75. The van der Waals surface area contributed by atoms with Gasteiger partial charge in [0.05, 0.1) is 16.8 Å². The third kappa shape index (κ3) is 3.17. The second kappa shape index (κ2) is 6.07. The van der Waals surface area contributed by atoms with E-state index in [1.54, 1.807) is 0 Å². The molecule has 2 heterocycles. The van der Waals surface area contributed by atoms with E-state index >= 15 is 0 Å². The van der Waals surface area contributed by atoms with E-state index in [-0.39, 0.29) is 6.10 Å². The number of nitrogens with zero attached hydrogens (tertiary/aromatic N) is 2. The van der Waals surface area contributed by atoms with Gasteiger partial charge in [0, 0.05) is 13.1 Å². The Balaban J connectivity index is 1.79. The summed E-state index contributed by atoms with van der Waals surface area (Å²) in [5.74, 6) is 0.637. The minimum atomic E-state index is -0.464. The highest BCUT2D eigenvalue weighted by molar-refractivity contribution is 6.62. The number of nitriles is 1. The molecule has 24 heavy (non-hydrogen) atoms. The van der Waals surface area contributed by atoms with Crippen LogP contribution in [0.5, 0.6) is 5.75 Å². The van der Waals surface area contributed by atoms with Gasteiger partial charge < -0.3 is 18.9 Å². The molecule has 2 saturated heterocycles. The van der Waals surface area contributed by atoms with Crippen molar-refractivity contribution < 1.29 is 14.0 Å². The van der Waals surface area contributed by atoms with Crippen LogP contribution in [0.25, 0.3) is 0 Å². The summed E-state index contributed by atoms with van der Waals surface area (Å²) in [6.07, 6.45) is 1.13. The summed E-state index contributed by atoms with van der Waals surface area (Å²) >= 11 is 0. The number of hydrogen-bond donors (Lipinski definition) is 0. The van der Waals surface area contributed by atoms with Crippen molar-refractivity contribution in [1.82, 2.24) is 4.90 Å². The van der Waals surface area contributed by atoms with Crippen molar-refractivity contribution in [2.75, 3.05) is 20.1 Å². The monoisotopic (exact) mass is 328 g/mol. The largest absolute Gasteiger partial charge is 0.494 e. The van der Waals surface area contributed by atoms with Gasteiger partial charge in [-0.3, -0.25) is 0 Å². The fraction of sp³-hybridized carbons (Fsp3) is 0.611. The molecule has 0 bridgehead atoms. The van der Waals surface area contributed by atoms with Gasteiger partial charge in [0.2, 0.25) is 0 Å². The summed E-state index contributed by atoms with van der Waals surface area (Å²) in [7, 11) is 1.62. The molecule has 2 fully saturated rings. The van der Waals surface area contributed by atoms with E-state index in [4.69, 9.17) is 14.0 Å². The predicted octanol–water partition coefficient (Wildman–Crippen LogP) is 1.94. The Morgan fingerprint density at radius 2 is 1.92 bits per heavy atom. The first-order chi connectivity index (χ1) is 11.2. The molecule has 6 heteroatoms. The minimum Gasteiger partial charge on any atom is -0.488 e. The normalized spacial score (nSPS) is 25.7. The van der Waals surface area contributed by atoms with E-state index in [0.29, 0.717) is 11.3 Å². The van der Waals surface area contributed by atoms with Crippen LogP contribution in [0, 0.1) is 11.3 Å². The molecule has 0 saturated carbocycles. The van der Waals surface area contributed by atoms with E-state index in [1.165, 1.54) is 0 Å². The lowest BCUT2D eigenvalue weighted by molar-refractivity contribution is 0.00578. The van der Waals surface area contributed by atoms with E-state index in [2.05, 4.69) is 18.0 Å². The first kappa shape index (κ1) is 17.3. The lowest BCUT2D eigenvalue weighted by Gasteiger charge is -2.32. The van der Waals surface area contributed by atoms with E-state index in [0.717, 1.165) is 25.0 Å². The molecule has 5 nitrogen and oxygen atoms in total. The SMILES string of the molecule is CN1CCC(Oc2ccc(B3OC(C)(C)C(C)(C)O3)cc2C#N)C1. The topological polar surface area (TPSA) is 54.7 Å². The Bertz CT molecular complexity index is 653. The molecule has 0 aromatic heterocycles. The maximum Gasteiger partial charge on any atom is 0.494 e. The average Bonchev–Trinajstić information content (AvgIpc) is 3.00. The Morgan fingerprint density at radius 3 is 2.46 bits per heavy atom. The quantitative estimate of drug-likeness (QED) is 0.794. The van der Waals surface area contributed by atoms with Crippen LogP contribution in [0.1, 0.15) is 39.7 Å². The summed E-state index contributed by atoms with van der Waals surface area (Å²) in [5.41, 5.74) is 0.583. The molecule has 1 aromatic carbocycles. The van der Waals surface area contributed by atoms with Crippen LogP contribution in [-0.4, -0.2) is 49.5 Å². The number of benzene rings is 1. The lowest BCUT2D eigenvalue weighted by Crippen LogP contribution is -2.41. The molecule has 0 N–H and O–H groups in total. The molecule has 1 aromatic rings. The smallest absolute Gasteiger partial charge is 0.488 e. The van der Waals surface area contributed by atoms with Crippen LogP contribution in [0.4, 0.5) is 0 Å². The Kier molecular flexibility index (Phi) is 4.37. The molecule has 0 radical (unpaired) electrons. The number of hydrogen-bond acceptors (Lipinski definition) is 5. The molecule has 2 aliphatic heterocycles. The van der Waals surface area contributed by atoms with Crippen molar-refractivity contribution in [2.45, 2.75) is 51.4 Å². The highest BCUT2D eigenvalue weighted by atomic mass is 16.7. The molecule has 1 unspecified atom stereocenters. The maximum absolute atomic E-state index is 9.49. The van der Waals surface area contributed by atoms with Gasteiger partial charge in [-0.2, -0.15) is 5.26 Å². The van der Waals surface area contributed by atoms with Crippen LogP contribution in [0.3, 0.4) is 0 Å². The second-order valence-corrected chi connectivity index (χ2v) is 7.75. The van der Waals surface area contributed by atoms with Gasteiger partial charge in [-0.1, -0.05) is 6.07 Å². The van der Waals surface area contributed by atoms with Crippen molar-refractivity contribution in [3.8, 4) is 11.8 Å². The molecule has 1 atom stereocenters. The minimum absolute atomic E-state index is 0.143. The Morgan fingerprint density at radius 1 is 1.25 bits per heavy atom. The molecular formula is C18H25BN2O3.